The smallest absolute Gasteiger partial charge is 0.269 e. The molecule has 0 aliphatic carbocycles. The van der Waals surface area contributed by atoms with Crippen LogP contribution in [0.25, 0.3) is 6.08 Å². The number of amides is 1. The van der Waals surface area contributed by atoms with Crippen LogP contribution in [0.1, 0.15) is 11.1 Å². The van der Waals surface area contributed by atoms with Crippen molar-refractivity contribution in [2.24, 2.45) is 0 Å². The molecule has 0 saturated heterocycles. The predicted octanol–water partition coefficient (Wildman–Crippen LogP) is 3.11. The van der Waals surface area contributed by atoms with Gasteiger partial charge in [0.05, 0.1) is 11.5 Å². The maximum atomic E-state index is 11.7. The molecule has 24 heavy (non-hydrogen) atoms. The molecule has 0 aliphatic heterocycles. The first-order chi connectivity index (χ1) is 11.5. The topological polar surface area (TPSA) is 81.5 Å². The van der Waals surface area contributed by atoms with Gasteiger partial charge in [0.15, 0.2) is 0 Å². The molecule has 1 N–H and O–H groups in total. The van der Waals surface area contributed by atoms with Crippen LogP contribution in [-0.4, -0.2) is 24.0 Å². The van der Waals surface area contributed by atoms with E-state index in [-0.39, 0.29) is 11.6 Å². The predicted molar refractivity (Wildman–Crippen MR) is 91.8 cm³/mol. The summed E-state index contributed by atoms with van der Waals surface area (Å²) in [5.74, 6) is 0.511. The van der Waals surface area contributed by atoms with Gasteiger partial charge in [-0.2, -0.15) is 0 Å². The quantitative estimate of drug-likeness (QED) is 0.367. The molecule has 124 valence electrons. The van der Waals surface area contributed by atoms with Crippen LogP contribution in [0.3, 0.4) is 0 Å². The molecule has 6 heteroatoms. The number of nitrogens with one attached hydrogen (secondary N) is 1. The van der Waals surface area contributed by atoms with E-state index in [1.807, 2.05) is 31.2 Å². The van der Waals surface area contributed by atoms with Crippen LogP contribution in [0.2, 0.25) is 0 Å². The third-order valence-corrected chi connectivity index (χ3v) is 3.22. The number of nitrogens with zero attached hydrogens (tertiary/aromatic N) is 1. The molecule has 2 aromatic carbocycles. The highest BCUT2D eigenvalue weighted by Gasteiger charge is 2.02. The van der Waals surface area contributed by atoms with Crippen molar-refractivity contribution in [3.05, 3.63) is 75.8 Å². The lowest BCUT2D eigenvalue weighted by atomic mass is 10.2. The van der Waals surface area contributed by atoms with Gasteiger partial charge < -0.3 is 10.1 Å². The van der Waals surface area contributed by atoms with E-state index in [1.165, 1.54) is 18.2 Å². The molecule has 0 radical (unpaired) electrons. The summed E-state index contributed by atoms with van der Waals surface area (Å²) in [5.41, 5.74) is 1.89. The molecule has 2 aromatic rings. The Balaban J connectivity index is 1.72. The number of non-ortho nitro benzene ring substituents is 1. The van der Waals surface area contributed by atoms with Gasteiger partial charge in [0.1, 0.15) is 12.4 Å². The maximum Gasteiger partial charge on any atom is 0.269 e. The molecule has 0 aromatic heterocycles. The van der Waals surface area contributed by atoms with E-state index in [9.17, 15) is 14.9 Å². The summed E-state index contributed by atoms with van der Waals surface area (Å²) < 4.78 is 5.51. The lowest BCUT2D eigenvalue weighted by Crippen LogP contribution is -2.26. The van der Waals surface area contributed by atoms with E-state index < -0.39 is 4.92 Å². The maximum absolute atomic E-state index is 11.7. The zero-order valence-electron chi connectivity index (χ0n) is 13.3. The average molecular weight is 326 g/mol. The molecule has 0 saturated carbocycles. The Labute approximate surface area is 139 Å². The van der Waals surface area contributed by atoms with Crippen molar-refractivity contribution in [1.29, 1.82) is 0 Å². The molecule has 0 aliphatic rings. The van der Waals surface area contributed by atoms with Gasteiger partial charge >= 0.3 is 0 Å². The summed E-state index contributed by atoms with van der Waals surface area (Å²) in [6, 6.07) is 13.6. The third-order valence-electron chi connectivity index (χ3n) is 3.22. The van der Waals surface area contributed by atoms with Crippen LogP contribution in [0.5, 0.6) is 5.75 Å². The molecule has 0 fully saturated rings. The van der Waals surface area contributed by atoms with Crippen LogP contribution in [0.15, 0.2) is 54.6 Å². The Morgan fingerprint density at radius 2 is 1.83 bits per heavy atom. The second-order valence-electron chi connectivity index (χ2n) is 5.13. The number of nitro benzene ring substituents is 1. The fourth-order valence-corrected chi connectivity index (χ4v) is 1.92. The standard InChI is InChI=1S/C18H18N2O4/c1-14-2-9-17(10-3-14)24-13-12-19-18(21)11-6-15-4-7-16(8-5-15)20(22)23/h2-11H,12-13H2,1H3,(H,19,21)/b11-6+. The van der Waals surface area contributed by atoms with Crippen molar-refractivity contribution in [2.45, 2.75) is 6.92 Å². The number of nitro groups is 1. The minimum atomic E-state index is -0.464. The van der Waals surface area contributed by atoms with Crippen LogP contribution in [-0.2, 0) is 4.79 Å². The normalized spacial score (nSPS) is 10.5. The molecule has 0 spiro atoms. The summed E-state index contributed by atoms with van der Waals surface area (Å²) in [7, 11) is 0. The van der Waals surface area contributed by atoms with Crippen LogP contribution in [0, 0.1) is 17.0 Å². The number of ether oxygens (including phenoxy) is 1. The minimum absolute atomic E-state index is 0.0184. The van der Waals surface area contributed by atoms with E-state index in [4.69, 9.17) is 4.74 Å². The van der Waals surface area contributed by atoms with Crippen molar-refractivity contribution < 1.29 is 14.5 Å². The van der Waals surface area contributed by atoms with E-state index in [0.29, 0.717) is 18.7 Å². The highest BCUT2D eigenvalue weighted by atomic mass is 16.6. The molecular formula is C18H18N2O4. The van der Waals surface area contributed by atoms with E-state index in [2.05, 4.69) is 5.32 Å². The molecule has 0 bridgehead atoms. The Morgan fingerprint density at radius 1 is 1.17 bits per heavy atom. The summed E-state index contributed by atoms with van der Waals surface area (Å²) in [6.45, 7) is 2.76. The Morgan fingerprint density at radius 3 is 2.46 bits per heavy atom. The van der Waals surface area contributed by atoms with Gasteiger partial charge in [-0.3, -0.25) is 14.9 Å². The van der Waals surface area contributed by atoms with E-state index in [1.54, 1.807) is 18.2 Å². The lowest BCUT2D eigenvalue weighted by Gasteiger charge is -2.06. The number of aryl methyl sites for hydroxylation is 1. The van der Waals surface area contributed by atoms with Crippen molar-refractivity contribution in [1.82, 2.24) is 5.32 Å². The van der Waals surface area contributed by atoms with Gasteiger partial charge in [0, 0.05) is 18.2 Å². The highest BCUT2D eigenvalue weighted by Crippen LogP contribution is 2.13. The van der Waals surface area contributed by atoms with Gasteiger partial charge in [-0.15, -0.1) is 0 Å². The number of hydrogen-bond acceptors (Lipinski definition) is 4. The Hall–Kier alpha value is -3.15. The molecule has 0 unspecified atom stereocenters. The second kappa shape index (κ2) is 8.47. The van der Waals surface area contributed by atoms with E-state index >= 15 is 0 Å². The van der Waals surface area contributed by atoms with Crippen molar-refractivity contribution in [3.63, 3.8) is 0 Å². The van der Waals surface area contributed by atoms with Gasteiger partial charge in [0.2, 0.25) is 5.91 Å². The van der Waals surface area contributed by atoms with Gasteiger partial charge in [-0.25, -0.2) is 0 Å². The average Bonchev–Trinajstić information content (AvgIpc) is 2.59. The van der Waals surface area contributed by atoms with Gasteiger partial charge in [0.25, 0.3) is 5.69 Å². The number of hydrogen-bond donors (Lipinski definition) is 1. The molecule has 0 heterocycles. The minimum Gasteiger partial charge on any atom is -0.492 e. The van der Waals surface area contributed by atoms with Gasteiger partial charge in [-0.1, -0.05) is 17.7 Å². The summed E-state index contributed by atoms with van der Waals surface area (Å²) >= 11 is 0. The van der Waals surface area contributed by atoms with Crippen molar-refractivity contribution in [2.75, 3.05) is 13.2 Å². The molecule has 0 atom stereocenters. The van der Waals surface area contributed by atoms with Crippen LogP contribution >= 0.6 is 0 Å². The molecule has 2 rings (SSSR count). The zero-order chi connectivity index (χ0) is 17.4. The van der Waals surface area contributed by atoms with Gasteiger partial charge in [-0.05, 0) is 42.8 Å². The second-order valence-corrected chi connectivity index (χ2v) is 5.13. The van der Waals surface area contributed by atoms with Crippen molar-refractivity contribution >= 4 is 17.7 Å². The Kier molecular flexibility index (Phi) is 6.08. The van der Waals surface area contributed by atoms with Crippen LogP contribution < -0.4 is 10.1 Å². The summed E-state index contributed by atoms with van der Waals surface area (Å²) in [6.07, 6.45) is 2.98. The first-order valence-electron chi connectivity index (χ1n) is 7.44. The fraction of sp³-hybridized carbons (Fsp3) is 0.167. The summed E-state index contributed by atoms with van der Waals surface area (Å²) in [5, 5.41) is 13.3. The molecular weight excluding hydrogens is 308 g/mol. The first-order valence-corrected chi connectivity index (χ1v) is 7.44. The largest absolute Gasteiger partial charge is 0.492 e. The Bertz CT molecular complexity index is 722. The first kappa shape index (κ1) is 17.2. The molecule has 1 amide bonds. The SMILES string of the molecule is Cc1ccc(OCCNC(=O)/C=C/c2ccc([N+](=O)[O-])cc2)cc1. The lowest BCUT2D eigenvalue weighted by molar-refractivity contribution is -0.384. The zero-order valence-corrected chi connectivity index (χ0v) is 13.3. The number of carbonyl (C=O) groups excluding carboxylic acids is 1. The summed E-state index contributed by atoms with van der Waals surface area (Å²) in [4.78, 5) is 21.8. The third kappa shape index (κ3) is 5.57. The van der Waals surface area contributed by atoms with E-state index in [0.717, 1.165) is 11.3 Å². The fourth-order valence-electron chi connectivity index (χ4n) is 1.92. The van der Waals surface area contributed by atoms with Crippen LogP contribution in [0.4, 0.5) is 5.69 Å². The highest BCUT2D eigenvalue weighted by molar-refractivity contribution is 5.91. The monoisotopic (exact) mass is 326 g/mol. The number of carbonyl (C=O) groups is 1. The number of rotatable bonds is 7. The molecule has 6 nitrogen and oxygen atoms in total. The number of benzene rings is 2. The van der Waals surface area contributed by atoms with Crippen molar-refractivity contribution in [3.8, 4) is 5.75 Å².